The predicted molar refractivity (Wildman–Crippen MR) is 74.3 cm³/mol. The third-order valence-electron chi connectivity index (χ3n) is 2.95. The van der Waals surface area contributed by atoms with Crippen LogP contribution in [-0.2, 0) is 11.2 Å². The molecule has 0 aromatic heterocycles. The minimum Gasteiger partial charge on any atom is -0.342 e. The molecule has 0 heterocycles. The Morgan fingerprint density at radius 1 is 1.26 bits per heavy atom. The number of nitrogens with zero attached hydrogens (tertiary/aromatic N) is 1. The molecular formula is C15H15N3O. The first-order valence-corrected chi connectivity index (χ1v) is 6.08. The quantitative estimate of drug-likeness (QED) is 0.807. The van der Waals surface area contributed by atoms with Crippen molar-refractivity contribution in [3.8, 4) is 6.07 Å². The number of nitrogens with one attached hydrogen (secondary N) is 1. The summed E-state index contributed by atoms with van der Waals surface area (Å²) in [5.41, 5.74) is 6.82. The van der Waals surface area contributed by atoms with E-state index < -0.39 is 6.04 Å². The maximum atomic E-state index is 11.6. The zero-order valence-electron chi connectivity index (χ0n) is 10.5. The van der Waals surface area contributed by atoms with Crippen molar-refractivity contribution in [3.05, 3.63) is 48.0 Å². The smallest absolute Gasteiger partial charge is 0.238 e. The lowest BCUT2D eigenvalue weighted by molar-refractivity contribution is -0.122. The van der Waals surface area contributed by atoms with E-state index in [0.29, 0.717) is 6.42 Å². The van der Waals surface area contributed by atoms with E-state index in [0.717, 1.165) is 16.3 Å². The van der Waals surface area contributed by atoms with Crippen LogP contribution in [0.4, 0.5) is 0 Å². The number of nitriles is 1. The van der Waals surface area contributed by atoms with Crippen molar-refractivity contribution in [1.82, 2.24) is 5.32 Å². The van der Waals surface area contributed by atoms with E-state index in [9.17, 15) is 4.79 Å². The topological polar surface area (TPSA) is 78.9 Å². The highest BCUT2D eigenvalue weighted by Crippen LogP contribution is 2.16. The number of benzene rings is 2. The van der Waals surface area contributed by atoms with Crippen LogP contribution in [0.3, 0.4) is 0 Å². The summed E-state index contributed by atoms with van der Waals surface area (Å²) in [7, 11) is 0. The number of nitrogens with two attached hydrogens (primary N) is 1. The third-order valence-corrected chi connectivity index (χ3v) is 2.95. The minimum absolute atomic E-state index is 0.00967. The van der Waals surface area contributed by atoms with Crippen molar-refractivity contribution in [3.63, 3.8) is 0 Å². The summed E-state index contributed by atoms with van der Waals surface area (Å²) in [6.07, 6.45) is 0.460. The monoisotopic (exact) mass is 253 g/mol. The molecule has 0 spiro atoms. The summed E-state index contributed by atoms with van der Waals surface area (Å²) in [5, 5.41) is 13.2. The Labute approximate surface area is 111 Å². The van der Waals surface area contributed by atoms with Crippen LogP contribution < -0.4 is 11.1 Å². The van der Waals surface area contributed by atoms with E-state index in [-0.39, 0.29) is 12.5 Å². The molecule has 0 aliphatic heterocycles. The van der Waals surface area contributed by atoms with Gasteiger partial charge in [0.05, 0.1) is 12.1 Å². The summed E-state index contributed by atoms with van der Waals surface area (Å²) >= 11 is 0. The van der Waals surface area contributed by atoms with Crippen molar-refractivity contribution in [2.45, 2.75) is 12.5 Å². The van der Waals surface area contributed by atoms with Gasteiger partial charge in [-0.15, -0.1) is 0 Å². The van der Waals surface area contributed by atoms with Gasteiger partial charge in [0.25, 0.3) is 0 Å². The van der Waals surface area contributed by atoms with E-state index in [1.165, 1.54) is 0 Å². The molecule has 2 aromatic rings. The number of rotatable bonds is 4. The van der Waals surface area contributed by atoms with Gasteiger partial charge < -0.3 is 11.1 Å². The molecule has 1 atom stereocenters. The maximum Gasteiger partial charge on any atom is 0.238 e. The van der Waals surface area contributed by atoms with E-state index in [1.54, 1.807) is 0 Å². The molecule has 96 valence electrons. The molecule has 0 bridgehead atoms. The minimum atomic E-state index is -0.630. The summed E-state index contributed by atoms with van der Waals surface area (Å²) in [5.74, 6) is -0.297. The first-order valence-electron chi connectivity index (χ1n) is 6.08. The maximum absolute atomic E-state index is 11.6. The lowest BCUT2D eigenvalue weighted by atomic mass is 10.0. The van der Waals surface area contributed by atoms with Gasteiger partial charge in [-0.05, 0) is 22.8 Å². The standard InChI is InChI=1S/C15H15N3O/c16-7-8-18-15(19)14(17)10-11-5-6-12-3-1-2-4-13(12)9-11/h1-6,9,14H,8,10,17H2,(H,18,19). The van der Waals surface area contributed by atoms with Crippen LogP contribution in [0.2, 0.25) is 0 Å². The zero-order chi connectivity index (χ0) is 13.7. The van der Waals surface area contributed by atoms with Gasteiger partial charge in [0.15, 0.2) is 0 Å². The van der Waals surface area contributed by atoms with Gasteiger partial charge in [-0.25, -0.2) is 0 Å². The van der Waals surface area contributed by atoms with Crippen LogP contribution in [0.5, 0.6) is 0 Å². The highest BCUT2D eigenvalue weighted by molar-refractivity contribution is 5.84. The van der Waals surface area contributed by atoms with E-state index in [2.05, 4.69) is 5.32 Å². The Balaban J connectivity index is 2.08. The van der Waals surface area contributed by atoms with Crippen LogP contribution in [0.1, 0.15) is 5.56 Å². The largest absolute Gasteiger partial charge is 0.342 e. The van der Waals surface area contributed by atoms with Gasteiger partial charge in [-0.2, -0.15) is 5.26 Å². The molecular weight excluding hydrogens is 238 g/mol. The van der Waals surface area contributed by atoms with Crippen molar-refractivity contribution in [1.29, 1.82) is 5.26 Å². The lowest BCUT2D eigenvalue weighted by Gasteiger charge is -2.11. The molecule has 2 aromatic carbocycles. The molecule has 0 fully saturated rings. The fourth-order valence-corrected chi connectivity index (χ4v) is 1.97. The Kier molecular flexibility index (Phi) is 4.11. The second-order valence-electron chi connectivity index (χ2n) is 4.37. The highest BCUT2D eigenvalue weighted by atomic mass is 16.2. The molecule has 0 saturated heterocycles. The second kappa shape index (κ2) is 5.98. The van der Waals surface area contributed by atoms with Crippen molar-refractivity contribution < 1.29 is 4.79 Å². The van der Waals surface area contributed by atoms with Gasteiger partial charge in [-0.3, -0.25) is 4.79 Å². The Morgan fingerprint density at radius 2 is 2.00 bits per heavy atom. The molecule has 0 saturated carbocycles. The molecule has 1 amide bonds. The molecule has 0 radical (unpaired) electrons. The first-order chi connectivity index (χ1) is 9.20. The number of amides is 1. The summed E-state index contributed by atoms with van der Waals surface area (Å²) in [4.78, 5) is 11.6. The number of carbonyl (C=O) groups excluding carboxylic acids is 1. The summed E-state index contributed by atoms with van der Waals surface area (Å²) in [6, 6.07) is 15.3. The fraction of sp³-hybridized carbons (Fsp3) is 0.200. The van der Waals surface area contributed by atoms with E-state index >= 15 is 0 Å². The molecule has 4 nitrogen and oxygen atoms in total. The van der Waals surface area contributed by atoms with Crippen LogP contribution in [0, 0.1) is 11.3 Å². The fourth-order valence-electron chi connectivity index (χ4n) is 1.97. The van der Waals surface area contributed by atoms with Gasteiger partial charge in [0, 0.05) is 0 Å². The van der Waals surface area contributed by atoms with Crippen LogP contribution in [0.25, 0.3) is 10.8 Å². The molecule has 1 unspecified atom stereocenters. The number of carbonyl (C=O) groups is 1. The Morgan fingerprint density at radius 3 is 2.74 bits per heavy atom. The van der Waals surface area contributed by atoms with E-state index in [1.807, 2.05) is 48.5 Å². The Bertz CT molecular complexity index is 631. The molecule has 0 aliphatic rings. The average Bonchev–Trinajstić information content (AvgIpc) is 2.44. The molecule has 0 aliphatic carbocycles. The van der Waals surface area contributed by atoms with Crippen LogP contribution >= 0.6 is 0 Å². The van der Waals surface area contributed by atoms with Crippen LogP contribution in [0.15, 0.2) is 42.5 Å². The number of fused-ring (bicyclic) bond motifs is 1. The van der Waals surface area contributed by atoms with Crippen molar-refractivity contribution >= 4 is 16.7 Å². The van der Waals surface area contributed by atoms with Gasteiger partial charge in [-0.1, -0.05) is 42.5 Å². The van der Waals surface area contributed by atoms with Crippen LogP contribution in [-0.4, -0.2) is 18.5 Å². The molecule has 2 rings (SSSR count). The Hall–Kier alpha value is -2.38. The second-order valence-corrected chi connectivity index (χ2v) is 4.37. The SMILES string of the molecule is N#CCNC(=O)C(N)Cc1ccc2ccccc2c1. The average molecular weight is 253 g/mol. The number of hydrogen-bond donors (Lipinski definition) is 2. The predicted octanol–water partition coefficient (Wildman–Crippen LogP) is 1.35. The van der Waals surface area contributed by atoms with Gasteiger partial charge >= 0.3 is 0 Å². The van der Waals surface area contributed by atoms with E-state index in [4.69, 9.17) is 11.0 Å². The zero-order valence-corrected chi connectivity index (χ0v) is 10.5. The summed E-state index contributed by atoms with van der Waals surface area (Å²) < 4.78 is 0. The van der Waals surface area contributed by atoms with Crippen molar-refractivity contribution in [2.24, 2.45) is 5.73 Å². The normalized spacial score (nSPS) is 11.8. The molecule has 19 heavy (non-hydrogen) atoms. The summed E-state index contributed by atoms with van der Waals surface area (Å²) in [6.45, 7) is -0.00967. The lowest BCUT2D eigenvalue weighted by Crippen LogP contribution is -2.42. The first kappa shape index (κ1) is 13.1. The van der Waals surface area contributed by atoms with Gasteiger partial charge in [0.2, 0.25) is 5.91 Å². The number of hydrogen-bond acceptors (Lipinski definition) is 3. The molecule has 3 N–H and O–H groups in total. The third kappa shape index (κ3) is 3.30. The van der Waals surface area contributed by atoms with Gasteiger partial charge in [0.1, 0.15) is 6.54 Å². The molecule has 4 heteroatoms. The highest BCUT2D eigenvalue weighted by Gasteiger charge is 2.13. The van der Waals surface area contributed by atoms with Crippen molar-refractivity contribution in [2.75, 3.05) is 6.54 Å².